The van der Waals surface area contributed by atoms with Crippen LogP contribution < -0.4 is 17.7 Å². The molecule has 5 nitrogen and oxygen atoms in total. The summed E-state index contributed by atoms with van der Waals surface area (Å²) in [4.78, 5) is 0. The molecule has 2 aliphatic heterocycles. The maximum atomic E-state index is 8.82. The van der Waals surface area contributed by atoms with Crippen LogP contribution in [0.1, 0.15) is 12.8 Å². The van der Waals surface area contributed by atoms with Crippen LogP contribution in [-0.4, -0.2) is 8.33 Å². The van der Waals surface area contributed by atoms with Gasteiger partial charge in [-0.05, 0) is 0 Å². The Morgan fingerprint density at radius 2 is 1.18 bits per heavy atom. The normalized spacial score (nSPS) is 20.0. The van der Waals surface area contributed by atoms with Gasteiger partial charge >= 0.3 is 128 Å². The predicted octanol–water partition coefficient (Wildman–Crippen LogP) is 3.62. The van der Waals surface area contributed by atoms with Gasteiger partial charge in [-0.2, -0.15) is 0 Å². The molecule has 0 radical (unpaired) electrons. The first-order chi connectivity index (χ1) is 10.7. The number of para-hydroxylation sites is 4. The van der Waals surface area contributed by atoms with E-state index in [1.807, 2.05) is 48.5 Å². The summed E-state index contributed by atoms with van der Waals surface area (Å²) in [6.07, 6.45) is 0.988. The summed E-state index contributed by atoms with van der Waals surface area (Å²) in [6.45, 7) is 0. The van der Waals surface area contributed by atoms with Gasteiger partial charge in [-0.15, -0.1) is 0 Å². The number of hydrogen-bond acceptors (Lipinski definition) is 5. The molecule has 2 aliphatic rings. The predicted molar refractivity (Wildman–Crippen MR) is 80.8 cm³/mol. The Balaban J connectivity index is 1.75. The van der Waals surface area contributed by atoms with Gasteiger partial charge in [0.1, 0.15) is 0 Å². The van der Waals surface area contributed by atoms with Gasteiger partial charge < -0.3 is 0 Å². The second kappa shape index (κ2) is 4.42. The molecular formula is C16H14NO4Si-. The molecule has 0 N–H and O–H groups in total. The van der Waals surface area contributed by atoms with E-state index >= 15 is 0 Å². The summed E-state index contributed by atoms with van der Waals surface area (Å²) in [5.74, 6) is 2.50. The first-order valence-electron chi connectivity index (χ1n) is 7.22. The molecule has 2 aromatic carbocycles. The molecular weight excluding hydrogens is 298 g/mol. The monoisotopic (exact) mass is 312 g/mol. The second-order valence-electron chi connectivity index (χ2n) is 5.39. The van der Waals surface area contributed by atoms with Gasteiger partial charge in [-0.25, -0.2) is 0 Å². The van der Waals surface area contributed by atoms with E-state index in [0.29, 0.717) is 41.9 Å². The second-order valence-corrected chi connectivity index (χ2v) is 8.86. The van der Waals surface area contributed by atoms with Gasteiger partial charge in [0.05, 0.1) is 0 Å². The van der Waals surface area contributed by atoms with Gasteiger partial charge in [-0.1, -0.05) is 0 Å². The van der Waals surface area contributed by atoms with E-state index in [-0.39, 0.29) is 0 Å². The quantitative estimate of drug-likeness (QED) is 0.640. The fraction of sp³-hybridized carbons (Fsp3) is 0.188. The van der Waals surface area contributed by atoms with Crippen molar-refractivity contribution in [3.8, 4) is 29.1 Å². The topological polar surface area (TPSA) is 60.7 Å². The third kappa shape index (κ3) is 1.83. The zero-order valence-electron chi connectivity index (χ0n) is 11.8. The van der Waals surface area contributed by atoms with Crippen molar-refractivity contribution in [2.24, 2.45) is 0 Å². The van der Waals surface area contributed by atoms with E-state index < -0.39 is 8.33 Å². The molecule has 112 valence electrons. The van der Waals surface area contributed by atoms with E-state index in [1.165, 1.54) is 0 Å². The number of rotatable bonds is 3. The van der Waals surface area contributed by atoms with Crippen LogP contribution in [0.5, 0.6) is 23.0 Å². The van der Waals surface area contributed by atoms with Crippen molar-refractivity contribution >= 4 is 8.33 Å². The summed E-state index contributed by atoms with van der Waals surface area (Å²) in [6, 6.07) is 17.4. The van der Waals surface area contributed by atoms with Crippen molar-refractivity contribution in [3.05, 3.63) is 48.5 Å². The molecule has 0 saturated carbocycles. The summed E-state index contributed by atoms with van der Waals surface area (Å²) < 4.78 is 24.6. The zero-order valence-corrected chi connectivity index (χ0v) is 12.8. The number of hydrogen-bond donors (Lipinski definition) is 0. The van der Waals surface area contributed by atoms with Crippen molar-refractivity contribution in [1.82, 2.24) is 0 Å². The Morgan fingerprint density at radius 3 is 1.55 bits per heavy atom. The molecule has 6 heteroatoms. The van der Waals surface area contributed by atoms with E-state index in [0.717, 1.165) is 0 Å². The van der Waals surface area contributed by atoms with Gasteiger partial charge in [0.25, 0.3) is 0 Å². The van der Waals surface area contributed by atoms with Crippen molar-refractivity contribution in [1.29, 1.82) is 5.26 Å². The standard InChI is InChI=1S/C16H14NO4Si/c17-11-5-6-12-22(18-13-7-1-2-8-14(13)19-22)20-15-9-3-4-10-16(15)21-22/h1-4,7-10H,5-6,12H2/q-1. The van der Waals surface area contributed by atoms with Crippen molar-refractivity contribution in [2.75, 3.05) is 0 Å². The van der Waals surface area contributed by atoms with Crippen molar-refractivity contribution in [2.45, 2.75) is 18.9 Å². The average molecular weight is 312 g/mol. The van der Waals surface area contributed by atoms with Crippen LogP contribution in [-0.2, 0) is 0 Å². The molecule has 22 heavy (non-hydrogen) atoms. The molecule has 0 amide bonds. The summed E-state index contributed by atoms with van der Waals surface area (Å²) >= 11 is 0. The molecule has 0 saturated heterocycles. The van der Waals surface area contributed by atoms with Crippen molar-refractivity contribution in [3.63, 3.8) is 0 Å². The van der Waals surface area contributed by atoms with Crippen LogP contribution in [0.4, 0.5) is 0 Å². The third-order valence-corrected chi connectivity index (χ3v) is 7.43. The summed E-state index contributed by atoms with van der Waals surface area (Å²) in [5, 5.41) is 8.82. The van der Waals surface area contributed by atoms with E-state index in [4.69, 9.17) is 23.0 Å². The molecule has 0 aliphatic carbocycles. The minimum absolute atomic E-state index is 0.398. The molecule has 0 fully saturated rings. The Bertz CT molecular complexity index is 673. The summed E-state index contributed by atoms with van der Waals surface area (Å²) in [5.41, 5.74) is 0. The van der Waals surface area contributed by atoms with E-state index in [9.17, 15) is 0 Å². The van der Waals surface area contributed by atoms with Crippen LogP contribution in [0.15, 0.2) is 48.5 Å². The maximum absolute atomic E-state index is 8.82. The zero-order chi connectivity index (χ0) is 15.1. The first kappa shape index (κ1) is 13.0. The Hall–Kier alpha value is -2.65. The van der Waals surface area contributed by atoms with Crippen LogP contribution >= 0.6 is 0 Å². The molecule has 4 rings (SSSR count). The van der Waals surface area contributed by atoms with Crippen molar-refractivity contribution < 1.29 is 17.7 Å². The number of nitriles is 1. The Morgan fingerprint density at radius 1 is 0.773 bits per heavy atom. The molecule has 0 bridgehead atoms. The van der Waals surface area contributed by atoms with Crippen LogP contribution in [0.3, 0.4) is 0 Å². The number of unbranched alkanes of at least 4 members (excludes halogenated alkanes) is 1. The minimum atomic E-state index is -4.10. The van der Waals surface area contributed by atoms with E-state index in [2.05, 4.69) is 6.07 Å². The summed E-state index contributed by atoms with van der Waals surface area (Å²) in [7, 11) is -4.10. The van der Waals surface area contributed by atoms with Gasteiger partial charge in [0.2, 0.25) is 0 Å². The molecule has 2 aromatic rings. The van der Waals surface area contributed by atoms with Crippen LogP contribution in [0.2, 0.25) is 6.04 Å². The van der Waals surface area contributed by atoms with Gasteiger partial charge in [-0.3, -0.25) is 0 Å². The average Bonchev–Trinajstić information content (AvgIpc) is 3.01. The van der Waals surface area contributed by atoms with E-state index in [1.54, 1.807) is 0 Å². The van der Waals surface area contributed by atoms with Gasteiger partial charge in [0.15, 0.2) is 0 Å². The number of benzene rings is 2. The molecule has 0 aromatic heterocycles. The molecule has 0 atom stereocenters. The third-order valence-electron chi connectivity index (χ3n) is 3.80. The Kier molecular flexibility index (Phi) is 2.62. The fourth-order valence-corrected chi connectivity index (χ4v) is 6.66. The number of fused-ring (bicyclic) bond motifs is 2. The fourth-order valence-electron chi connectivity index (χ4n) is 2.87. The molecule has 1 spiro atoms. The van der Waals surface area contributed by atoms with Gasteiger partial charge in [0, 0.05) is 0 Å². The van der Waals surface area contributed by atoms with Crippen LogP contribution in [0, 0.1) is 11.3 Å². The molecule has 2 heterocycles. The Labute approximate surface area is 128 Å². The number of nitrogens with zero attached hydrogens (tertiary/aromatic N) is 1. The van der Waals surface area contributed by atoms with Crippen LogP contribution in [0.25, 0.3) is 0 Å². The SMILES string of the molecule is N#CCCC[Si-]12(Oc3ccccc3O1)Oc1ccccc1O2. The first-order valence-corrected chi connectivity index (χ1v) is 9.56. The molecule has 0 unspecified atom stereocenters.